The van der Waals surface area contributed by atoms with Crippen LogP contribution in [0.4, 0.5) is 17.1 Å². The number of furan rings is 1. The molecular weight excluding hydrogens is 508 g/mol. The Balaban J connectivity index is 1.39. The third-order valence-corrected chi connectivity index (χ3v) is 9.63. The third kappa shape index (κ3) is 2.46. The summed E-state index contributed by atoms with van der Waals surface area (Å²) in [5.41, 5.74) is 8.82. The molecule has 6 aromatic carbocycles. The molecule has 1 aliphatic rings. The number of para-hydroxylation sites is 5. The Morgan fingerprint density at radius 3 is 2.10 bits per heavy atom. The van der Waals surface area contributed by atoms with E-state index in [-0.39, 0.29) is 0 Å². The molecule has 0 spiro atoms. The number of nitrogens with zero attached hydrogens (tertiary/aromatic N) is 2. The quantitative estimate of drug-likeness (QED) is 0.211. The molecule has 0 radical (unpaired) electrons. The summed E-state index contributed by atoms with van der Waals surface area (Å²) in [5, 5.41) is 7.56. The molecule has 0 fully saturated rings. The second-order valence-corrected chi connectivity index (χ2v) is 11.6. The van der Waals surface area contributed by atoms with E-state index < -0.39 is 0 Å². The van der Waals surface area contributed by atoms with Gasteiger partial charge in [0.25, 0.3) is 0 Å². The molecule has 4 heterocycles. The standard InChI is InChI=1S/C36H20N2OS/c1-5-17-30-21(9-1)22-11-7-16-29(36(22)39-30)37-25-13-3-4-14-26(25)38-27-19-20-32-34(23-10-2-6-18-31(23)40-32)33(27)24-12-8-15-28(37)35(24)38/h1-20H. The second-order valence-electron chi connectivity index (χ2n) is 10.5. The molecule has 9 aromatic rings. The molecule has 0 unspecified atom stereocenters. The first-order valence-electron chi connectivity index (χ1n) is 13.5. The molecule has 10 rings (SSSR count). The van der Waals surface area contributed by atoms with Crippen LogP contribution in [0.3, 0.4) is 0 Å². The van der Waals surface area contributed by atoms with E-state index in [4.69, 9.17) is 4.42 Å². The molecule has 3 aromatic heterocycles. The van der Waals surface area contributed by atoms with Gasteiger partial charge < -0.3 is 13.9 Å². The average Bonchev–Trinajstić information content (AvgIpc) is 3.68. The highest BCUT2D eigenvalue weighted by Gasteiger charge is 2.30. The van der Waals surface area contributed by atoms with Crippen molar-refractivity contribution in [2.75, 3.05) is 4.90 Å². The van der Waals surface area contributed by atoms with Crippen molar-refractivity contribution >= 4 is 92.3 Å². The molecule has 0 atom stereocenters. The highest BCUT2D eigenvalue weighted by atomic mass is 32.1. The van der Waals surface area contributed by atoms with Crippen LogP contribution >= 0.6 is 11.3 Å². The minimum Gasteiger partial charge on any atom is -0.454 e. The zero-order valence-electron chi connectivity index (χ0n) is 21.3. The van der Waals surface area contributed by atoms with E-state index in [0.29, 0.717) is 0 Å². The Morgan fingerprint density at radius 2 is 1.18 bits per heavy atom. The van der Waals surface area contributed by atoms with Crippen LogP contribution in [0.1, 0.15) is 0 Å². The van der Waals surface area contributed by atoms with E-state index in [1.54, 1.807) is 0 Å². The van der Waals surface area contributed by atoms with Crippen molar-refractivity contribution in [2.45, 2.75) is 0 Å². The van der Waals surface area contributed by atoms with Crippen LogP contribution in [0.15, 0.2) is 126 Å². The lowest BCUT2D eigenvalue weighted by molar-refractivity contribution is 0.669. The Kier molecular flexibility index (Phi) is 3.81. The van der Waals surface area contributed by atoms with Gasteiger partial charge in [-0.1, -0.05) is 72.8 Å². The van der Waals surface area contributed by atoms with Gasteiger partial charge in [0.2, 0.25) is 0 Å². The number of anilines is 3. The number of hydrogen-bond donors (Lipinski definition) is 0. The highest BCUT2D eigenvalue weighted by molar-refractivity contribution is 7.26. The van der Waals surface area contributed by atoms with E-state index in [9.17, 15) is 0 Å². The summed E-state index contributed by atoms with van der Waals surface area (Å²) in [6, 6.07) is 43.7. The van der Waals surface area contributed by atoms with E-state index in [2.05, 4.69) is 125 Å². The molecule has 3 nitrogen and oxygen atoms in total. The van der Waals surface area contributed by atoms with Gasteiger partial charge in [-0.3, -0.25) is 0 Å². The monoisotopic (exact) mass is 528 g/mol. The maximum absolute atomic E-state index is 6.54. The Labute approximate surface area is 232 Å². The zero-order chi connectivity index (χ0) is 25.9. The number of fused-ring (bicyclic) bond motifs is 12. The number of rotatable bonds is 1. The van der Waals surface area contributed by atoms with Crippen LogP contribution in [0.25, 0.3) is 69.6 Å². The Bertz CT molecular complexity index is 2510. The van der Waals surface area contributed by atoms with Gasteiger partial charge in [0, 0.05) is 41.7 Å². The minimum absolute atomic E-state index is 0.909. The lowest BCUT2D eigenvalue weighted by Crippen LogP contribution is -2.18. The van der Waals surface area contributed by atoms with Crippen LogP contribution in [0.2, 0.25) is 0 Å². The van der Waals surface area contributed by atoms with E-state index >= 15 is 0 Å². The predicted molar refractivity (Wildman–Crippen MR) is 169 cm³/mol. The molecule has 40 heavy (non-hydrogen) atoms. The van der Waals surface area contributed by atoms with Gasteiger partial charge in [-0.15, -0.1) is 11.3 Å². The van der Waals surface area contributed by atoms with Crippen molar-refractivity contribution in [3.05, 3.63) is 121 Å². The van der Waals surface area contributed by atoms with Crippen molar-refractivity contribution in [3.8, 4) is 5.69 Å². The lowest BCUT2D eigenvalue weighted by atomic mass is 10.0. The molecule has 0 aliphatic carbocycles. The fourth-order valence-corrected chi connectivity index (χ4v) is 8.04. The van der Waals surface area contributed by atoms with Gasteiger partial charge in [0.05, 0.1) is 33.8 Å². The summed E-state index contributed by atoms with van der Waals surface area (Å²) in [7, 11) is 0. The normalized spacial score (nSPS) is 12.9. The van der Waals surface area contributed by atoms with Crippen molar-refractivity contribution in [2.24, 2.45) is 0 Å². The second kappa shape index (κ2) is 7.32. The summed E-state index contributed by atoms with van der Waals surface area (Å²) in [4.78, 5) is 2.39. The van der Waals surface area contributed by atoms with Crippen molar-refractivity contribution in [1.82, 2.24) is 4.57 Å². The highest BCUT2D eigenvalue weighted by Crippen LogP contribution is 2.53. The maximum Gasteiger partial charge on any atom is 0.159 e. The van der Waals surface area contributed by atoms with Gasteiger partial charge in [0.1, 0.15) is 5.58 Å². The van der Waals surface area contributed by atoms with Gasteiger partial charge in [0.15, 0.2) is 5.58 Å². The van der Waals surface area contributed by atoms with Gasteiger partial charge in [-0.2, -0.15) is 0 Å². The third-order valence-electron chi connectivity index (χ3n) is 8.50. The summed E-state index contributed by atoms with van der Waals surface area (Å²) in [6.45, 7) is 0. The predicted octanol–water partition coefficient (Wildman–Crippen LogP) is 10.8. The fourth-order valence-electron chi connectivity index (χ4n) is 6.92. The largest absolute Gasteiger partial charge is 0.454 e. The number of thiophene rings is 1. The molecule has 4 heteroatoms. The average molecular weight is 529 g/mol. The van der Waals surface area contributed by atoms with Crippen LogP contribution in [0.5, 0.6) is 0 Å². The molecule has 0 saturated carbocycles. The van der Waals surface area contributed by atoms with Gasteiger partial charge in [-0.05, 0) is 48.5 Å². The zero-order valence-corrected chi connectivity index (χ0v) is 22.1. The fraction of sp³-hybridized carbons (Fsp3) is 0. The minimum atomic E-state index is 0.909. The summed E-state index contributed by atoms with van der Waals surface area (Å²) < 4.78 is 11.7. The SMILES string of the molecule is c1ccc2c(c1)N(c1cccc3c1oc1ccccc13)c1cccc3c4c5c(ccc4n-2c13)sc1ccccc15. The Morgan fingerprint density at radius 1 is 0.475 bits per heavy atom. The first-order valence-corrected chi connectivity index (χ1v) is 14.4. The molecule has 186 valence electrons. The van der Waals surface area contributed by atoms with Crippen LogP contribution in [-0.4, -0.2) is 4.57 Å². The topological polar surface area (TPSA) is 21.3 Å². The molecule has 0 bridgehead atoms. The number of benzene rings is 6. The lowest BCUT2D eigenvalue weighted by Gasteiger charge is -2.33. The summed E-state index contributed by atoms with van der Waals surface area (Å²) in [6.07, 6.45) is 0. The molecule has 1 aliphatic heterocycles. The van der Waals surface area contributed by atoms with Crippen LogP contribution < -0.4 is 4.90 Å². The molecule has 0 amide bonds. The van der Waals surface area contributed by atoms with E-state index in [0.717, 1.165) is 39.0 Å². The van der Waals surface area contributed by atoms with Crippen molar-refractivity contribution < 1.29 is 4.42 Å². The number of aromatic nitrogens is 1. The van der Waals surface area contributed by atoms with Crippen molar-refractivity contribution in [3.63, 3.8) is 0 Å². The first-order chi connectivity index (χ1) is 19.9. The van der Waals surface area contributed by atoms with E-state index in [1.807, 2.05) is 17.4 Å². The van der Waals surface area contributed by atoms with Gasteiger partial charge in [-0.25, -0.2) is 0 Å². The molecule has 0 saturated heterocycles. The first kappa shape index (κ1) is 20.8. The number of hydrogen-bond acceptors (Lipinski definition) is 3. The Hall–Kier alpha value is -5.06. The smallest absolute Gasteiger partial charge is 0.159 e. The van der Waals surface area contributed by atoms with Gasteiger partial charge >= 0.3 is 0 Å². The van der Waals surface area contributed by atoms with Crippen LogP contribution in [-0.2, 0) is 0 Å². The van der Waals surface area contributed by atoms with E-state index in [1.165, 1.54) is 47.7 Å². The molecule has 0 N–H and O–H groups in total. The summed E-state index contributed by atoms with van der Waals surface area (Å²) >= 11 is 1.88. The summed E-state index contributed by atoms with van der Waals surface area (Å²) in [5.74, 6) is 0. The maximum atomic E-state index is 6.54. The molecular formula is C36H20N2OS. The van der Waals surface area contributed by atoms with Crippen LogP contribution in [0, 0.1) is 0 Å². The van der Waals surface area contributed by atoms with Crippen molar-refractivity contribution in [1.29, 1.82) is 0 Å².